The fourth-order valence-electron chi connectivity index (χ4n) is 1.23. The zero-order valence-corrected chi connectivity index (χ0v) is 8.73. The maximum atomic E-state index is 11.1. The number of rotatable bonds is 5. The lowest BCUT2D eigenvalue weighted by Crippen LogP contribution is -2.17. The molecule has 5 heteroatoms. The van der Waals surface area contributed by atoms with Crippen molar-refractivity contribution in [2.75, 3.05) is 0 Å². The van der Waals surface area contributed by atoms with Gasteiger partial charge in [0.05, 0.1) is 14.3 Å². The van der Waals surface area contributed by atoms with Gasteiger partial charge in [0.2, 0.25) is 0 Å². The summed E-state index contributed by atoms with van der Waals surface area (Å²) in [6, 6.07) is 2.31. The highest BCUT2D eigenvalue weighted by atomic mass is 28.3. The van der Waals surface area contributed by atoms with Crippen molar-refractivity contribution in [2.24, 2.45) is 0 Å². The molecule has 0 aromatic carbocycles. The third kappa shape index (κ3) is 3.18. The molecule has 14 heavy (non-hydrogen) atoms. The van der Waals surface area contributed by atoms with Crippen molar-refractivity contribution in [3.8, 4) is 0 Å². The van der Waals surface area contributed by atoms with E-state index in [4.69, 9.17) is 5.11 Å². The molecule has 0 amide bonds. The van der Waals surface area contributed by atoms with E-state index in [1.165, 1.54) is 0 Å². The van der Waals surface area contributed by atoms with Crippen LogP contribution >= 0.6 is 0 Å². The number of carbonyl (C=O) groups is 2. The van der Waals surface area contributed by atoms with Gasteiger partial charge in [-0.25, -0.2) is 4.79 Å². The van der Waals surface area contributed by atoms with E-state index < -0.39 is 14.0 Å². The highest BCUT2D eigenvalue weighted by Gasteiger charge is 2.45. The molecular formula is C9H12O4Si. The summed E-state index contributed by atoms with van der Waals surface area (Å²) >= 11 is 0. The van der Waals surface area contributed by atoms with Gasteiger partial charge in [0.25, 0.3) is 0 Å². The molecular weight excluding hydrogens is 200 g/mol. The van der Waals surface area contributed by atoms with Crippen molar-refractivity contribution in [2.45, 2.75) is 18.1 Å². The van der Waals surface area contributed by atoms with Gasteiger partial charge in [0.1, 0.15) is 0 Å². The van der Waals surface area contributed by atoms with Crippen molar-refractivity contribution in [1.29, 1.82) is 0 Å². The molecule has 1 saturated heterocycles. The van der Waals surface area contributed by atoms with E-state index >= 15 is 0 Å². The van der Waals surface area contributed by atoms with Gasteiger partial charge in [-0.2, -0.15) is 0 Å². The lowest BCUT2D eigenvalue weighted by Gasteiger charge is -2.04. The molecule has 0 saturated carbocycles. The molecule has 0 bridgehead atoms. The minimum absolute atomic E-state index is 0.306. The van der Waals surface area contributed by atoms with Gasteiger partial charge in [-0.1, -0.05) is 24.4 Å². The zero-order chi connectivity index (χ0) is 10.6. The summed E-state index contributed by atoms with van der Waals surface area (Å²) < 4.78 is 4.60. The highest BCUT2D eigenvalue weighted by molar-refractivity contribution is 6.95. The van der Waals surface area contributed by atoms with E-state index in [1.54, 1.807) is 5.70 Å². The largest absolute Gasteiger partial charge is 0.478 e. The van der Waals surface area contributed by atoms with Crippen LogP contribution in [-0.2, 0) is 14.3 Å². The minimum Gasteiger partial charge on any atom is -0.478 e. The first-order valence-electron chi connectivity index (χ1n) is 4.30. The lowest BCUT2D eigenvalue weighted by atomic mass is 10.7. The quantitative estimate of drug-likeness (QED) is 0.323. The maximum absolute atomic E-state index is 11.1. The number of carbonyl (C=O) groups excluding carboxylic acids is 1. The van der Waals surface area contributed by atoms with Crippen LogP contribution in [0.3, 0.4) is 0 Å². The molecule has 1 N–H and O–H groups in total. The van der Waals surface area contributed by atoms with Crippen molar-refractivity contribution in [1.82, 2.24) is 0 Å². The van der Waals surface area contributed by atoms with Crippen LogP contribution in [0.5, 0.6) is 0 Å². The lowest BCUT2D eigenvalue weighted by molar-refractivity contribution is -0.135. The van der Waals surface area contributed by atoms with Crippen LogP contribution in [-0.4, -0.2) is 25.1 Å². The SMILES string of the molecule is C=COC(=O)C[Si]1(C=CC(=O)O)CC1. The molecule has 1 rings (SSSR count). The molecule has 0 unspecified atom stereocenters. The van der Waals surface area contributed by atoms with E-state index in [0.717, 1.165) is 24.4 Å². The predicted molar refractivity (Wildman–Crippen MR) is 53.2 cm³/mol. The summed E-state index contributed by atoms with van der Waals surface area (Å²) in [6.07, 6.45) is 2.24. The van der Waals surface area contributed by atoms with E-state index in [0.29, 0.717) is 6.04 Å². The summed E-state index contributed by atoms with van der Waals surface area (Å²) in [5, 5.41) is 8.45. The molecule has 0 aromatic heterocycles. The number of hydrogen-bond acceptors (Lipinski definition) is 3. The number of esters is 1. The molecule has 0 radical (unpaired) electrons. The first-order valence-corrected chi connectivity index (χ1v) is 7.00. The number of carboxylic acid groups (broad SMARTS) is 1. The van der Waals surface area contributed by atoms with Crippen molar-refractivity contribution >= 4 is 20.0 Å². The predicted octanol–water partition coefficient (Wildman–Crippen LogP) is 1.32. The molecule has 1 fully saturated rings. The summed E-state index contributed by atoms with van der Waals surface area (Å²) in [5.74, 6) is -1.26. The Morgan fingerprint density at radius 3 is 2.57 bits per heavy atom. The van der Waals surface area contributed by atoms with E-state index in [9.17, 15) is 9.59 Å². The summed E-state index contributed by atoms with van der Waals surface area (Å²) in [6.45, 7) is 3.29. The van der Waals surface area contributed by atoms with Crippen molar-refractivity contribution < 1.29 is 19.4 Å². The van der Waals surface area contributed by atoms with Crippen LogP contribution in [0.2, 0.25) is 18.1 Å². The van der Waals surface area contributed by atoms with E-state index in [2.05, 4.69) is 11.3 Å². The van der Waals surface area contributed by atoms with Crippen LogP contribution in [0.1, 0.15) is 0 Å². The Balaban J connectivity index is 2.46. The maximum Gasteiger partial charge on any atom is 0.327 e. The first-order chi connectivity index (χ1) is 6.58. The normalized spacial score (nSPS) is 17.7. The molecule has 1 heterocycles. The Labute approximate surface area is 82.9 Å². The summed E-state index contributed by atoms with van der Waals surface area (Å²) in [5.41, 5.74) is 1.71. The second-order valence-corrected chi connectivity index (χ2v) is 7.78. The average molecular weight is 212 g/mol. The molecule has 0 atom stereocenters. The van der Waals surface area contributed by atoms with Crippen molar-refractivity contribution in [3.05, 3.63) is 24.6 Å². The Morgan fingerprint density at radius 2 is 2.14 bits per heavy atom. The summed E-state index contributed by atoms with van der Waals surface area (Å²) in [7, 11) is -1.70. The first kappa shape index (κ1) is 10.7. The average Bonchev–Trinajstić information content (AvgIpc) is 2.83. The molecule has 0 aliphatic carbocycles. The topological polar surface area (TPSA) is 63.6 Å². The molecule has 76 valence electrons. The second-order valence-electron chi connectivity index (χ2n) is 3.37. The molecule has 0 spiro atoms. The molecule has 0 aromatic rings. The van der Waals surface area contributed by atoms with Gasteiger partial charge in [0.15, 0.2) is 0 Å². The van der Waals surface area contributed by atoms with Crippen LogP contribution in [0, 0.1) is 0 Å². The van der Waals surface area contributed by atoms with Gasteiger partial charge in [0, 0.05) is 12.1 Å². The van der Waals surface area contributed by atoms with Crippen LogP contribution in [0.25, 0.3) is 0 Å². The Hall–Kier alpha value is -1.36. The number of ether oxygens (including phenoxy) is 1. The van der Waals surface area contributed by atoms with Gasteiger partial charge in [-0.3, -0.25) is 4.79 Å². The van der Waals surface area contributed by atoms with Crippen LogP contribution < -0.4 is 0 Å². The van der Waals surface area contributed by atoms with Gasteiger partial charge in [-0.15, -0.1) is 0 Å². The standard InChI is InChI=1S/C9H12O4Si/c1-2-13-9(12)7-14(5-6-14)4-3-8(10)11/h2-4H,1,5-7H2,(H,10,11). The van der Waals surface area contributed by atoms with Crippen LogP contribution in [0.15, 0.2) is 24.6 Å². The molecule has 1 aliphatic heterocycles. The highest BCUT2D eigenvalue weighted by Crippen LogP contribution is 2.41. The third-order valence-corrected chi connectivity index (χ3v) is 5.83. The van der Waals surface area contributed by atoms with E-state index in [-0.39, 0.29) is 5.97 Å². The fraction of sp³-hybridized carbons (Fsp3) is 0.333. The van der Waals surface area contributed by atoms with Gasteiger partial charge >= 0.3 is 11.9 Å². The van der Waals surface area contributed by atoms with Gasteiger partial charge < -0.3 is 9.84 Å². The van der Waals surface area contributed by atoms with E-state index in [1.807, 2.05) is 0 Å². The smallest absolute Gasteiger partial charge is 0.327 e. The van der Waals surface area contributed by atoms with Gasteiger partial charge in [-0.05, 0) is 0 Å². The Kier molecular flexibility index (Phi) is 3.24. The monoisotopic (exact) mass is 212 g/mol. The Morgan fingerprint density at radius 1 is 1.50 bits per heavy atom. The summed E-state index contributed by atoms with van der Waals surface area (Å²) in [4.78, 5) is 21.4. The third-order valence-electron chi connectivity index (χ3n) is 2.18. The number of carboxylic acids is 1. The Bertz CT molecular complexity index is 291. The second kappa shape index (κ2) is 4.23. The zero-order valence-electron chi connectivity index (χ0n) is 7.73. The van der Waals surface area contributed by atoms with Crippen LogP contribution in [0.4, 0.5) is 0 Å². The minimum atomic E-state index is -1.70. The number of aliphatic carboxylic acids is 1. The molecule has 4 nitrogen and oxygen atoms in total. The van der Waals surface area contributed by atoms with Crippen molar-refractivity contribution in [3.63, 3.8) is 0 Å². The fourth-order valence-corrected chi connectivity index (χ4v) is 4.48. The molecule has 1 aliphatic rings. The number of hydrogen-bond donors (Lipinski definition) is 1.